The van der Waals surface area contributed by atoms with Gasteiger partial charge < -0.3 is 30.1 Å². The summed E-state index contributed by atoms with van der Waals surface area (Å²) in [4.78, 5) is 21.3. The Labute approximate surface area is 259 Å². The van der Waals surface area contributed by atoms with Crippen molar-refractivity contribution in [3.63, 3.8) is 0 Å². The van der Waals surface area contributed by atoms with Gasteiger partial charge >= 0.3 is 6.09 Å². The first kappa shape index (κ1) is 32.0. The van der Waals surface area contributed by atoms with E-state index in [4.69, 9.17) is 26.2 Å². The van der Waals surface area contributed by atoms with Crippen molar-refractivity contribution in [2.45, 2.75) is 25.9 Å². The SMILES string of the molecule is CNCCCCC#Cc1cc2ncnc(Nc3ccc(OCc4cccc(F)c4)c(Cl)c3)c2s1.O=C(O)N1CCOCC1. The molecule has 0 bridgehead atoms. The fourth-order valence-corrected chi connectivity index (χ4v) is 5.21. The van der Waals surface area contributed by atoms with Gasteiger partial charge in [0.05, 0.1) is 33.3 Å². The molecule has 0 unspecified atom stereocenters. The third-order valence-electron chi connectivity index (χ3n) is 6.26. The Bertz CT molecular complexity index is 1570. The number of amides is 1. The average molecular weight is 626 g/mol. The van der Waals surface area contributed by atoms with Crippen LogP contribution in [0.1, 0.15) is 29.7 Å². The lowest BCUT2D eigenvalue weighted by Gasteiger charge is -2.23. The van der Waals surface area contributed by atoms with E-state index in [2.05, 4.69) is 32.4 Å². The second-order valence-electron chi connectivity index (χ2n) is 9.48. The summed E-state index contributed by atoms with van der Waals surface area (Å²) in [5.74, 6) is 7.40. The number of carboxylic acid groups (broad SMARTS) is 1. The van der Waals surface area contributed by atoms with E-state index in [1.165, 1.54) is 23.4 Å². The molecule has 0 spiro atoms. The first-order chi connectivity index (χ1) is 20.9. The van der Waals surface area contributed by atoms with Gasteiger partial charge in [-0.2, -0.15) is 0 Å². The van der Waals surface area contributed by atoms with Gasteiger partial charge in [0.1, 0.15) is 24.5 Å². The highest BCUT2D eigenvalue weighted by Crippen LogP contribution is 2.33. The van der Waals surface area contributed by atoms with Crippen LogP contribution >= 0.6 is 22.9 Å². The number of hydrogen-bond acceptors (Lipinski definition) is 8. The number of unbranched alkanes of at least 4 members (excludes halogenated alkanes) is 2. The minimum Gasteiger partial charge on any atom is -0.487 e. The molecule has 0 atom stereocenters. The number of morpholine rings is 1. The molecule has 12 heteroatoms. The number of hydrogen-bond donors (Lipinski definition) is 3. The second-order valence-corrected chi connectivity index (χ2v) is 10.9. The van der Waals surface area contributed by atoms with Crippen LogP contribution in [0.4, 0.5) is 20.7 Å². The molecule has 226 valence electrons. The van der Waals surface area contributed by atoms with Crippen molar-refractivity contribution in [1.29, 1.82) is 0 Å². The number of ether oxygens (including phenoxy) is 2. The minimum atomic E-state index is -0.849. The Kier molecular flexibility index (Phi) is 12.4. The monoisotopic (exact) mass is 625 g/mol. The fourth-order valence-electron chi connectivity index (χ4n) is 4.04. The predicted molar refractivity (Wildman–Crippen MR) is 168 cm³/mol. The van der Waals surface area contributed by atoms with Crippen molar-refractivity contribution < 1.29 is 23.8 Å². The van der Waals surface area contributed by atoms with E-state index in [-0.39, 0.29) is 12.4 Å². The molecular formula is C31H33ClFN5O4S. The zero-order valence-corrected chi connectivity index (χ0v) is 25.3. The number of rotatable bonds is 9. The molecule has 3 N–H and O–H groups in total. The van der Waals surface area contributed by atoms with Crippen molar-refractivity contribution >= 4 is 50.8 Å². The van der Waals surface area contributed by atoms with Gasteiger partial charge in [0.2, 0.25) is 0 Å². The molecule has 1 aliphatic rings. The lowest BCUT2D eigenvalue weighted by Crippen LogP contribution is -2.39. The number of carbonyl (C=O) groups is 1. The number of halogens is 2. The maximum atomic E-state index is 13.4. The van der Waals surface area contributed by atoms with Gasteiger partial charge in [-0.05, 0) is 68.4 Å². The number of nitrogens with one attached hydrogen (secondary N) is 2. The summed E-state index contributed by atoms with van der Waals surface area (Å²) in [6.07, 6.45) is 3.75. The third-order valence-corrected chi connectivity index (χ3v) is 7.60. The van der Waals surface area contributed by atoms with E-state index in [0.29, 0.717) is 42.9 Å². The number of nitrogens with zero attached hydrogens (tertiary/aromatic N) is 3. The highest BCUT2D eigenvalue weighted by atomic mass is 35.5. The Hall–Kier alpha value is -3.95. The molecule has 9 nitrogen and oxygen atoms in total. The quantitative estimate of drug-likeness (QED) is 0.142. The Morgan fingerprint density at radius 3 is 2.74 bits per heavy atom. The Balaban J connectivity index is 0.000000403. The van der Waals surface area contributed by atoms with E-state index in [1.807, 2.05) is 19.2 Å². The summed E-state index contributed by atoms with van der Waals surface area (Å²) in [7, 11) is 1.96. The molecule has 2 aromatic heterocycles. The van der Waals surface area contributed by atoms with Crippen LogP contribution in [0.2, 0.25) is 5.02 Å². The van der Waals surface area contributed by atoms with Crippen molar-refractivity contribution in [2.24, 2.45) is 0 Å². The third kappa shape index (κ3) is 10.1. The molecule has 5 rings (SSSR count). The molecule has 4 aromatic rings. The number of benzene rings is 2. The van der Waals surface area contributed by atoms with E-state index in [0.717, 1.165) is 52.2 Å². The van der Waals surface area contributed by atoms with Crippen molar-refractivity contribution in [2.75, 3.05) is 45.2 Å². The van der Waals surface area contributed by atoms with Crippen molar-refractivity contribution in [3.8, 4) is 17.6 Å². The normalized spacial score (nSPS) is 12.6. The number of anilines is 2. The molecule has 0 aliphatic carbocycles. The minimum absolute atomic E-state index is 0.227. The zero-order chi connectivity index (χ0) is 30.4. The van der Waals surface area contributed by atoms with Crippen molar-refractivity contribution in [3.05, 3.63) is 76.1 Å². The second kappa shape index (κ2) is 16.6. The number of thiophene rings is 1. The van der Waals surface area contributed by atoms with Crippen LogP contribution in [0.3, 0.4) is 0 Å². The van der Waals surface area contributed by atoms with Crippen LogP contribution in [0.5, 0.6) is 5.75 Å². The topological polar surface area (TPSA) is 109 Å². The summed E-state index contributed by atoms with van der Waals surface area (Å²) in [5, 5.41) is 15.3. The molecule has 0 saturated carbocycles. The smallest absolute Gasteiger partial charge is 0.407 e. The lowest BCUT2D eigenvalue weighted by molar-refractivity contribution is 0.0392. The van der Waals surface area contributed by atoms with E-state index in [1.54, 1.807) is 35.6 Å². The number of aromatic nitrogens is 2. The van der Waals surface area contributed by atoms with E-state index in [9.17, 15) is 9.18 Å². The van der Waals surface area contributed by atoms with Gasteiger partial charge in [-0.15, -0.1) is 11.3 Å². The summed E-state index contributed by atoms with van der Waals surface area (Å²) in [6.45, 7) is 3.33. The van der Waals surface area contributed by atoms with Gasteiger partial charge in [0.15, 0.2) is 5.82 Å². The first-order valence-corrected chi connectivity index (χ1v) is 15.0. The van der Waals surface area contributed by atoms with Crippen LogP contribution in [0.15, 0.2) is 54.9 Å². The van der Waals surface area contributed by atoms with Gasteiger partial charge in [0, 0.05) is 25.2 Å². The molecule has 1 amide bonds. The highest BCUT2D eigenvalue weighted by Gasteiger charge is 2.14. The molecule has 1 aliphatic heterocycles. The van der Waals surface area contributed by atoms with E-state index >= 15 is 0 Å². The molecule has 1 saturated heterocycles. The Morgan fingerprint density at radius 2 is 2.02 bits per heavy atom. The first-order valence-electron chi connectivity index (χ1n) is 13.8. The summed E-state index contributed by atoms with van der Waals surface area (Å²) >= 11 is 7.99. The lowest BCUT2D eigenvalue weighted by atomic mass is 10.2. The predicted octanol–water partition coefficient (Wildman–Crippen LogP) is 6.54. The van der Waals surface area contributed by atoms with E-state index < -0.39 is 6.09 Å². The molecule has 3 heterocycles. The summed E-state index contributed by atoms with van der Waals surface area (Å²) in [6, 6.07) is 13.7. The number of fused-ring (bicyclic) bond motifs is 1. The van der Waals surface area contributed by atoms with Crippen LogP contribution in [0, 0.1) is 17.7 Å². The van der Waals surface area contributed by atoms with Crippen LogP contribution < -0.4 is 15.4 Å². The molecule has 1 fully saturated rings. The standard InChI is InChI=1S/C26H24ClFN4OS.C5H9NO3/c1-29-12-5-3-2-4-9-21-15-23-25(34-21)26(31-17-30-23)32-20-10-11-24(22(27)14-20)33-16-18-7-6-8-19(28)13-18;7-5(8)6-1-3-9-4-2-6/h6-8,10-11,13-15,17,29H,2-3,5,12,16H2,1H3,(H,30,31,32);1-4H2,(H,7,8). The average Bonchev–Trinajstić information content (AvgIpc) is 3.43. The van der Waals surface area contributed by atoms with Crippen molar-refractivity contribution in [1.82, 2.24) is 20.2 Å². The van der Waals surface area contributed by atoms with Crippen LogP contribution in [0.25, 0.3) is 10.2 Å². The zero-order valence-electron chi connectivity index (χ0n) is 23.7. The molecular weight excluding hydrogens is 593 g/mol. The fraction of sp³-hybridized carbons (Fsp3) is 0.323. The molecule has 43 heavy (non-hydrogen) atoms. The summed E-state index contributed by atoms with van der Waals surface area (Å²) in [5.41, 5.74) is 2.35. The highest BCUT2D eigenvalue weighted by molar-refractivity contribution is 7.20. The van der Waals surface area contributed by atoms with Gasteiger partial charge in [-0.3, -0.25) is 0 Å². The molecule has 2 aromatic carbocycles. The largest absolute Gasteiger partial charge is 0.487 e. The molecule has 0 radical (unpaired) electrons. The maximum Gasteiger partial charge on any atom is 0.407 e. The Morgan fingerprint density at radius 1 is 1.19 bits per heavy atom. The maximum absolute atomic E-state index is 13.4. The summed E-state index contributed by atoms with van der Waals surface area (Å²) < 4.78 is 25.0. The van der Waals surface area contributed by atoms with Gasteiger partial charge in [-0.1, -0.05) is 35.6 Å². The van der Waals surface area contributed by atoms with Gasteiger partial charge in [0.25, 0.3) is 0 Å². The van der Waals surface area contributed by atoms with Crippen LogP contribution in [-0.4, -0.2) is 66.0 Å². The van der Waals surface area contributed by atoms with Crippen LogP contribution in [-0.2, 0) is 11.3 Å². The van der Waals surface area contributed by atoms with Gasteiger partial charge in [-0.25, -0.2) is 19.2 Å².